The van der Waals surface area contributed by atoms with Crippen LogP contribution in [0.25, 0.3) is 0 Å². The number of nitrogen functional groups attached to an aromatic ring is 1. The van der Waals surface area contributed by atoms with E-state index in [1.807, 2.05) is 0 Å². The molecule has 0 unspecified atom stereocenters. The Morgan fingerprint density at radius 1 is 1.45 bits per heavy atom. The summed E-state index contributed by atoms with van der Waals surface area (Å²) in [6, 6.07) is 2.41. The highest BCUT2D eigenvalue weighted by atomic mass is 35.5. The quantitative estimate of drug-likeness (QED) is 0.485. The predicted octanol–water partition coefficient (Wildman–Crippen LogP) is 0.807. The minimum atomic E-state index is -0.674. The number of nitrogens with zero attached hydrogens (tertiary/aromatic N) is 2. The Bertz CT molecular complexity index is 545. The zero-order chi connectivity index (χ0) is 14.7. The van der Waals surface area contributed by atoms with Gasteiger partial charge in [-0.25, -0.2) is 5.01 Å². The number of hydrogen-bond donors (Lipinski definition) is 2. The summed E-state index contributed by atoms with van der Waals surface area (Å²) in [5.74, 6) is -0.475. The zero-order valence-corrected chi connectivity index (χ0v) is 11.2. The maximum atomic E-state index is 12.0. The first-order chi connectivity index (χ1) is 9.49. The molecule has 1 aromatic rings. The second-order valence-corrected chi connectivity index (χ2v) is 4.60. The summed E-state index contributed by atoms with van der Waals surface area (Å²) in [6.07, 6.45) is 0. The maximum absolute atomic E-state index is 12.0. The van der Waals surface area contributed by atoms with E-state index < -0.39 is 10.8 Å². The minimum Gasteiger partial charge on any atom is -0.392 e. The van der Waals surface area contributed by atoms with Crippen LogP contribution in [0.3, 0.4) is 0 Å². The molecule has 1 saturated heterocycles. The second-order valence-electron chi connectivity index (χ2n) is 4.19. The molecule has 0 aliphatic carbocycles. The van der Waals surface area contributed by atoms with E-state index in [0.717, 1.165) is 6.07 Å². The van der Waals surface area contributed by atoms with Gasteiger partial charge in [0.2, 0.25) is 0 Å². The lowest BCUT2D eigenvalue weighted by Crippen LogP contribution is -2.48. The van der Waals surface area contributed by atoms with E-state index in [1.54, 1.807) is 5.01 Å². The summed E-state index contributed by atoms with van der Waals surface area (Å²) < 4.78 is 5.15. The predicted molar refractivity (Wildman–Crippen MR) is 72.4 cm³/mol. The third kappa shape index (κ3) is 3.16. The van der Waals surface area contributed by atoms with Crippen molar-refractivity contribution in [3.63, 3.8) is 0 Å². The molecular weight excluding hydrogens is 288 g/mol. The van der Waals surface area contributed by atoms with Gasteiger partial charge in [0.05, 0.1) is 23.2 Å². The lowest BCUT2D eigenvalue weighted by Gasteiger charge is -2.26. The summed E-state index contributed by atoms with van der Waals surface area (Å²) in [4.78, 5) is 22.2. The molecule has 9 heteroatoms. The normalized spacial score (nSPS) is 15.8. The van der Waals surface area contributed by atoms with Crippen molar-refractivity contribution in [2.24, 2.45) is 0 Å². The number of halogens is 1. The number of carbonyl (C=O) groups excluding carboxylic acids is 1. The number of nitrogens with one attached hydrogen (secondary N) is 1. The van der Waals surface area contributed by atoms with Crippen molar-refractivity contribution in [1.29, 1.82) is 0 Å². The molecular formula is C11H13ClN4O4. The molecule has 1 amide bonds. The molecule has 0 atom stereocenters. The van der Waals surface area contributed by atoms with Crippen LogP contribution in [0.2, 0.25) is 5.02 Å². The number of benzene rings is 1. The van der Waals surface area contributed by atoms with Gasteiger partial charge in [0.1, 0.15) is 5.69 Å². The van der Waals surface area contributed by atoms with Gasteiger partial charge in [0, 0.05) is 24.7 Å². The molecule has 1 aliphatic rings. The van der Waals surface area contributed by atoms with Gasteiger partial charge in [-0.3, -0.25) is 20.3 Å². The molecule has 0 bridgehead atoms. The highest BCUT2D eigenvalue weighted by Gasteiger charge is 2.21. The van der Waals surface area contributed by atoms with E-state index in [-0.39, 0.29) is 22.0 Å². The van der Waals surface area contributed by atoms with E-state index in [0.29, 0.717) is 26.3 Å². The van der Waals surface area contributed by atoms with E-state index in [2.05, 4.69) is 5.43 Å². The number of nitro groups is 1. The second kappa shape index (κ2) is 6.04. The number of amides is 1. The van der Waals surface area contributed by atoms with Gasteiger partial charge in [-0.15, -0.1) is 0 Å². The van der Waals surface area contributed by atoms with Crippen LogP contribution in [0.1, 0.15) is 10.4 Å². The lowest BCUT2D eigenvalue weighted by atomic mass is 10.1. The molecule has 3 N–H and O–H groups in total. The monoisotopic (exact) mass is 300 g/mol. The fourth-order valence-corrected chi connectivity index (χ4v) is 1.98. The van der Waals surface area contributed by atoms with E-state index in [9.17, 15) is 14.9 Å². The van der Waals surface area contributed by atoms with Gasteiger partial charge in [-0.2, -0.15) is 0 Å². The topological polar surface area (TPSA) is 111 Å². The molecule has 1 fully saturated rings. The molecule has 1 aromatic carbocycles. The van der Waals surface area contributed by atoms with E-state index >= 15 is 0 Å². The SMILES string of the molecule is Nc1c(Cl)cc(C(=O)NN2CCOCC2)cc1[N+](=O)[O-]. The molecule has 0 aromatic heterocycles. The van der Waals surface area contributed by atoms with Crippen LogP contribution in [0.5, 0.6) is 0 Å². The molecule has 20 heavy (non-hydrogen) atoms. The Morgan fingerprint density at radius 2 is 2.10 bits per heavy atom. The van der Waals surface area contributed by atoms with Crippen molar-refractivity contribution in [2.75, 3.05) is 32.0 Å². The molecule has 2 rings (SSSR count). The fourth-order valence-electron chi connectivity index (χ4n) is 1.77. The first-order valence-electron chi connectivity index (χ1n) is 5.86. The highest BCUT2D eigenvalue weighted by Crippen LogP contribution is 2.30. The largest absolute Gasteiger partial charge is 0.392 e. The van der Waals surface area contributed by atoms with E-state index in [4.69, 9.17) is 22.1 Å². The zero-order valence-electron chi connectivity index (χ0n) is 10.5. The van der Waals surface area contributed by atoms with Gasteiger partial charge in [-0.1, -0.05) is 11.6 Å². The van der Waals surface area contributed by atoms with Crippen molar-refractivity contribution in [3.8, 4) is 0 Å². The van der Waals surface area contributed by atoms with Gasteiger partial charge in [0.15, 0.2) is 0 Å². The van der Waals surface area contributed by atoms with E-state index in [1.165, 1.54) is 6.07 Å². The van der Waals surface area contributed by atoms with Gasteiger partial charge in [-0.05, 0) is 6.07 Å². The summed E-state index contributed by atoms with van der Waals surface area (Å²) in [5.41, 5.74) is 7.69. The van der Waals surface area contributed by atoms with Crippen molar-refractivity contribution < 1.29 is 14.5 Å². The summed E-state index contributed by atoms with van der Waals surface area (Å²) >= 11 is 5.81. The van der Waals surface area contributed by atoms with Gasteiger partial charge < -0.3 is 10.5 Å². The summed E-state index contributed by atoms with van der Waals surface area (Å²) in [5, 5.41) is 12.5. The van der Waals surface area contributed by atoms with Crippen LogP contribution in [0.15, 0.2) is 12.1 Å². The lowest BCUT2D eigenvalue weighted by molar-refractivity contribution is -0.383. The minimum absolute atomic E-state index is 0.0219. The number of hydrogen-bond acceptors (Lipinski definition) is 6. The summed E-state index contributed by atoms with van der Waals surface area (Å²) in [7, 11) is 0. The number of nitro benzene ring substituents is 1. The fraction of sp³-hybridized carbons (Fsp3) is 0.364. The van der Waals surface area contributed by atoms with Crippen LogP contribution in [0.4, 0.5) is 11.4 Å². The molecule has 1 aliphatic heterocycles. The third-order valence-corrected chi connectivity index (χ3v) is 3.15. The van der Waals surface area contributed by atoms with Crippen LogP contribution >= 0.6 is 11.6 Å². The van der Waals surface area contributed by atoms with Crippen molar-refractivity contribution in [2.45, 2.75) is 0 Å². The average molecular weight is 301 g/mol. The smallest absolute Gasteiger partial charge is 0.294 e. The number of ether oxygens (including phenoxy) is 1. The Morgan fingerprint density at radius 3 is 2.70 bits per heavy atom. The van der Waals surface area contributed by atoms with Crippen LogP contribution in [0, 0.1) is 10.1 Å². The van der Waals surface area contributed by atoms with Crippen LogP contribution < -0.4 is 11.2 Å². The van der Waals surface area contributed by atoms with Crippen LogP contribution in [-0.2, 0) is 4.74 Å². The number of morpholine rings is 1. The van der Waals surface area contributed by atoms with Gasteiger partial charge >= 0.3 is 0 Å². The molecule has 8 nitrogen and oxygen atoms in total. The van der Waals surface area contributed by atoms with Crippen LogP contribution in [-0.4, -0.2) is 42.1 Å². The molecule has 108 valence electrons. The first-order valence-corrected chi connectivity index (χ1v) is 6.24. The maximum Gasteiger partial charge on any atom is 0.294 e. The van der Waals surface area contributed by atoms with Gasteiger partial charge in [0.25, 0.3) is 11.6 Å². The number of rotatable bonds is 3. The number of nitrogens with two attached hydrogens (primary N) is 1. The Kier molecular flexibility index (Phi) is 4.38. The Balaban J connectivity index is 2.19. The van der Waals surface area contributed by atoms with Crippen molar-refractivity contribution in [1.82, 2.24) is 10.4 Å². The molecule has 1 heterocycles. The average Bonchev–Trinajstić information content (AvgIpc) is 2.42. The Labute approximate surface area is 119 Å². The molecule has 0 saturated carbocycles. The molecule has 0 spiro atoms. The standard InChI is InChI=1S/C11H13ClN4O4/c12-8-5-7(6-9(10(8)13)16(18)19)11(17)14-15-1-3-20-4-2-15/h5-6H,1-4,13H2,(H,14,17). The highest BCUT2D eigenvalue weighted by molar-refractivity contribution is 6.34. The first kappa shape index (κ1) is 14.5. The Hall–Kier alpha value is -1.90. The summed E-state index contributed by atoms with van der Waals surface area (Å²) in [6.45, 7) is 2.14. The van der Waals surface area contributed by atoms with Crippen molar-refractivity contribution in [3.05, 3.63) is 32.8 Å². The number of hydrazine groups is 1. The van der Waals surface area contributed by atoms with Crippen molar-refractivity contribution >= 4 is 28.9 Å². The molecule has 0 radical (unpaired) electrons. The third-order valence-electron chi connectivity index (χ3n) is 2.84. The number of carbonyl (C=O) groups is 1. The number of anilines is 1.